The van der Waals surface area contributed by atoms with E-state index in [-0.39, 0.29) is 6.15 Å². The molecule has 78 valence electrons. The first-order chi connectivity index (χ1) is 6.81. The number of benzene rings is 2. The summed E-state index contributed by atoms with van der Waals surface area (Å²) in [6, 6.07) is 13.8. The van der Waals surface area contributed by atoms with Gasteiger partial charge in [-0.1, -0.05) is 36.4 Å². The number of halogens is 1. The Morgan fingerprint density at radius 3 is 2.40 bits per heavy atom. The van der Waals surface area contributed by atoms with Crippen LogP contribution >= 0.6 is 11.6 Å². The van der Waals surface area contributed by atoms with E-state index in [4.69, 9.17) is 11.6 Å². The van der Waals surface area contributed by atoms with E-state index in [1.54, 1.807) is 0 Å². The first-order valence-electron chi connectivity index (χ1n) is 4.39. The van der Waals surface area contributed by atoms with E-state index in [0.717, 1.165) is 22.6 Å². The molecule has 0 aromatic heterocycles. The van der Waals surface area contributed by atoms with Gasteiger partial charge in [-0.3, -0.25) is 0 Å². The molecule has 0 heterocycles. The third-order valence-corrected chi connectivity index (χ3v) is 2.57. The van der Waals surface area contributed by atoms with E-state index < -0.39 is 5.38 Å². The molecule has 0 amide bonds. The number of hydrogen-bond donors (Lipinski definition) is 1. The molecule has 0 fully saturated rings. The van der Waals surface area contributed by atoms with Gasteiger partial charge in [-0.25, -0.2) is 0 Å². The van der Waals surface area contributed by atoms with E-state index in [9.17, 15) is 4.79 Å². The Kier molecular flexibility index (Phi) is 3.83. The van der Waals surface area contributed by atoms with Gasteiger partial charge in [-0.15, -0.1) is 11.6 Å². The number of carbonyl (C=O) groups is 1. The Balaban J connectivity index is 0.00000112. The van der Waals surface area contributed by atoms with Crippen molar-refractivity contribution in [1.29, 1.82) is 0 Å². The number of aldehydes is 1. The molecule has 0 saturated carbocycles. The highest BCUT2D eigenvalue weighted by molar-refractivity contribution is 6.27. The van der Waals surface area contributed by atoms with Crippen LogP contribution in [0.15, 0.2) is 42.5 Å². The fraction of sp³-hybridized carbons (Fsp3) is 0.0833. The summed E-state index contributed by atoms with van der Waals surface area (Å²) in [5, 5.41) is 1.73. The fourth-order valence-electron chi connectivity index (χ4n) is 1.46. The zero-order valence-corrected chi connectivity index (χ0v) is 8.95. The Morgan fingerprint density at radius 1 is 1.07 bits per heavy atom. The number of fused-ring (bicyclic) bond motifs is 1. The monoisotopic (exact) mass is 221 g/mol. The molecule has 3 N–H and O–H groups in total. The maximum Gasteiger partial charge on any atom is 0.142 e. The van der Waals surface area contributed by atoms with Crippen LogP contribution in [0, 0.1) is 0 Å². The van der Waals surface area contributed by atoms with Crippen LogP contribution in [0.25, 0.3) is 10.8 Å². The summed E-state index contributed by atoms with van der Waals surface area (Å²) < 4.78 is 0. The van der Waals surface area contributed by atoms with Crippen LogP contribution < -0.4 is 6.15 Å². The van der Waals surface area contributed by atoms with Gasteiger partial charge >= 0.3 is 0 Å². The summed E-state index contributed by atoms with van der Waals surface area (Å²) in [6.07, 6.45) is 0.742. The third-order valence-electron chi connectivity index (χ3n) is 2.21. The van der Waals surface area contributed by atoms with Crippen molar-refractivity contribution in [2.45, 2.75) is 5.38 Å². The topological polar surface area (TPSA) is 52.1 Å². The summed E-state index contributed by atoms with van der Waals surface area (Å²) in [6.45, 7) is 0. The standard InChI is InChI=1S/C12H9ClO.H3N/c13-12(8-14)11-6-5-9-3-1-2-4-10(9)7-11;/h1-8,12H;1H3. The van der Waals surface area contributed by atoms with Gasteiger partial charge in [-0.2, -0.15) is 0 Å². The Morgan fingerprint density at radius 2 is 1.73 bits per heavy atom. The van der Waals surface area contributed by atoms with Crippen molar-refractivity contribution in [3.63, 3.8) is 0 Å². The lowest BCUT2D eigenvalue weighted by molar-refractivity contribution is -0.107. The zero-order valence-electron chi connectivity index (χ0n) is 8.19. The number of carbonyl (C=O) groups excluding carboxylic acids is 1. The fourth-order valence-corrected chi connectivity index (χ4v) is 1.59. The predicted molar refractivity (Wildman–Crippen MR) is 63.6 cm³/mol. The molecule has 2 aromatic rings. The maximum absolute atomic E-state index is 10.5. The van der Waals surface area contributed by atoms with Gasteiger partial charge in [0.05, 0.1) is 0 Å². The molecule has 2 rings (SSSR count). The molecule has 3 heteroatoms. The molecule has 2 aromatic carbocycles. The zero-order chi connectivity index (χ0) is 9.97. The molecular weight excluding hydrogens is 210 g/mol. The third kappa shape index (κ3) is 2.35. The average Bonchev–Trinajstić information content (AvgIpc) is 2.27. The number of rotatable bonds is 2. The second kappa shape index (κ2) is 4.91. The molecular formula is C12H12ClNO. The first kappa shape index (κ1) is 11.7. The van der Waals surface area contributed by atoms with E-state index in [1.165, 1.54) is 0 Å². The van der Waals surface area contributed by atoms with Crippen molar-refractivity contribution in [2.75, 3.05) is 0 Å². The highest BCUT2D eigenvalue weighted by Gasteiger charge is 2.05. The summed E-state index contributed by atoms with van der Waals surface area (Å²) in [5.41, 5.74) is 0.848. The molecule has 0 bridgehead atoms. The van der Waals surface area contributed by atoms with Crippen LogP contribution in [-0.2, 0) is 4.79 Å². The molecule has 0 radical (unpaired) electrons. The molecule has 0 aliphatic carbocycles. The average molecular weight is 222 g/mol. The van der Waals surface area contributed by atoms with E-state index >= 15 is 0 Å². The Bertz CT molecular complexity index is 470. The highest BCUT2D eigenvalue weighted by atomic mass is 35.5. The Hall–Kier alpha value is -1.38. The SMILES string of the molecule is N.O=CC(Cl)c1ccc2ccccc2c1. The molecule has 0 aliphatic rings. The largest absolute Gasteiger partial charge is 0.344 e. The van der Waals surface area contributed by atoms with Gasteiger partial charge in [0.15, 0.2) is 0 Å². The molecule has 0 spiro atoms. The van der Waals surface area contributed by atoms with Gasteiger partial charge in [0, 0.05) is 0 Å². The summed E-state index contributed by atoms with van der Waals surface area (Å²) in [5.74, 6) is 0. The molecule has 0 aliphatic heterocycles. The minimum absolute atomic E-state index is 0. The second-order valence-electron chi connectivity index (χ2n) is 3.14. The van der Waals surface area contributed by atoms with Gasteiger partial charge in [0.2, 0.25) is 0 Å². The summed E-state index contributed by atoms with van der Waals surface area (Å²) in [7, 11) is 0. The van der Waals surface area contributed by atoms with Gasteiger partial charge in [0.1, 0.15) is 11.7 Å². The van der Waals surface area contributed by atoms with E-state index in [1.807, 2.05) is 42.5 Å². The quantitative estimate of drug-likeness (QED) is 0.624. The van der Waals surface area contributed by atoms with E-state index in [0.29, 0.717) is 0 Å². The minimum atomic E-state index is -0.542. The predicted octanol–water partition coefficient (Wildman–Crippen LogP) is 3.48. The lowest BCUT2D eigenvalue weighted by Crippen LogP contribution is -1.90. The molecule has 2 nitrogen and oxygen atoms in total. The van der Waals surface area contributed by atoms with Crippen molar-refractivity contribution >= 4 is 28.7 Å². The first-order valence-corrected chi connectivity index (χ1v) is 4.83. The molecule has 0 saturated heterocycles. The maximum atomic E-state index is 10.5. The van der Waals surface area contributed by atoms with Gasteiger partial charge in [-0.05, 0) is 22.4 Å². The van der Waals surface area contributed by atoms with Crippen LogP contribution in [0.4, 0.5) is 0 Å². The van der Waals surface area contributed by atoms with Gasteiger partial charge < -0.3 is 10.9 Å². The molecule has 15 heavy (non-hydrogen) atoms. The smallest absolute Gasteiger partial charge is 0.142 e. The van der Waals surface area contributed by atoms with Crippen molar-refractivity contribution in [1.82, 2.24) is 6.15 Å². The number of hydrogen-bond acceptors (Lipinski definition) is 2. The van der Waals surface area contributed by atoms with Crippen molar-refractivity contribution < 1.29 is 4.79 Å². The van der Waals surface area contributed by atoms with Crippen LogP contribution in [0.2, 0.25) is 0 Å². The second-order valence-corrected chi connectivity index (χ2v) is 3.61. The Labute approximate surface area is 93.4 Å². The summed E-state index contributed by atoms with van der Waals surface area (Å²) >= 11 is 5.82. The minimum Gasteiger partial charge on any atom is -0.344 e. The van der Waals surface area contributed by atoms with E-state index in [2.05, 4.69) is 0 Å². The van der Waals surface area contributed by atoms with Crippen LogP contribution in [0.3, 0.4) is 0 Å². The van der Waals surface area contributed by atoms with Crippen LogP contribution in [0.5, 0.6) is 0 Å². The highest BCUT2D eigenvalue weighted by Crippen LogP contribution is 2.22. The normalized spacial score (nSPS) is 11.8. The molecule has 1 atom stereocenters. The van der Waals surface area contributed by atoms with Gasteiger partial charge in [0.25, 0.3) is 0 Å². The lowest BCUT2D eigenvalue weighted by Gasteiger charge is -2.03. The van der Waals surface area contributed by atoms with Crippen LogP contribution in [0.1, 0.15) is 10.9 Å². The van der Waals surface area contributed by atoms with Crippen molar-refractivity contribution in [3.05, 3.63) is 48.0 Å². The van der Waals surface area contributed by atoms with Crippen molar-refractivity contribution in [3.8, 4) is 0 Å². The van der Waals surface area contributed by atoms with Crippen LogP contribution in [-0.4, -0.2) is 6.29 Å². The number of alkyl halides is 1. The van der Waals surface area contributed by atoms with Crippen molar-refractivity contribution in [2.24, 2.45) is 0 Å². The molecule has 1 unspecified atom stereocenters. The lowest BCUT2D eigenvalue weighted by atomic mass is 10.1. The summed E-state index contributed by atoms with van der Waals surface area (Å²) in [4.78, 5) is 10.5.